The lowest BCUT2D eigenvalue weighted by molar-refractivity contribution is 0.703. The average molecular weight is 296 g/mol. The zero-order valence-corrected chi connectivity index (χ0v) is 13.7. The number of hydrogen-bond acceptors (Lipinski definition) is 7. The highest BCUT2D eigenvalue weighted by atomic mass is 32.2. The quantitative estimate of drug-likeness (QED) is 0.907. The maximum atomic E-state index is 4.59. The van der Waals surface area contributed by atoms with E-state index in [1.807, 2.05) is 37.7 Å². The lowest BCUT2D eigenvalue weighted by Crippen LogP contribution is -2.41. The highest BCUT2D eigenvalue weighted by Crippen LogP contribution is 2.27. The molecule has 2 heterocycles. The Balaban J connectivity index is 2.29. The second-order valence-electron chi connectivity index (χ2n) is 5.35. The van der Waals surface area contributed by atoms with Crippen molar-refractivity contribution in [2.75, 3.05) is 48.8 Å². The molecule has 0 saturated carbocycles. The fourth-order valence-corrected chi connectivity index (χ4v) is 3.60. The highest BCUT2D eigenvalue weighted by Gasteiger charge is 2.25. The second-order valence-corrected chi connectivity index (χ2v) is 7.23. The van der Waals surface area contributed by atoms with Gasteiger partial charge in [0.25, 0.3) is 0 Å². The summed E-state index contributed by atoms with van der Waals surface area (Å²) in [5.74, 6) is 2.13. The van der Waals surface area contributed by atoms with Gasteiger partial charge in [0.05, 0.1) is 0 Å². The van der Waals surface area contributed by atoms with Crippen molar-refractivity contribution < 1.29 is 0 Å². The first kappa shape index (κ1) is 15.2. The number of nitrogens with zero attached hydrogens (tertiary/aromatic N) is 5. The molecule has 1 saturated heterocycles. The first-order chi connectivity index (χ1) is 9.49. The van der Waals surface area contributed by atoms with Crippen molar-refractivity contribution in [3.05, 3.63) is 0 Å². The molecule has 2 rings (SSSR count). The van der Waals surface area contributed by atoms with Crippen molar-refractivity contribution in [2.45, 2.75) is 31.3 Å². The first-order valence-corrected chi connectivity index (χ1v) is 8.01. The molecule has 0 amide bonds. The van der Waals surface area contributed by atoms with E-state index >= 15 is 0 Å². The molecule has 2 unspecified atom stereocenters. The molecule has 1 aliphatic heterocycles. The molecule has 112 valence electrons. The van der Waals surface area contributed by atoms with Crippen LogP contribution in [0.5, 0.6) is 0 Å². The Morgan fingerprint density at radius 1 is 1.20 bits per heavy atom. The Hall–Kier alpha value is -1.24. The van der Waals surface area contributed by atoms with Crippen LogP contribution in [-0.4, -0.2) is 59.2 Å². The monoisotopic (exact) mass is 296 g/mol. The Morgan fingerprint density at radius 3 is 2.40 bits per heavy atom. The van der Waals surface area contributed by atoms with E-state index in [0.717, 1.165) is 25.6 Å². The molecule has 1 N–H and O–H groups in total. The Labute approximate surface area is 125 Å². The van der Waals surface area contributed by atoms with Crippen LogP contribution in [0.3, 0.4) is 0 Å². The molecule has 1 fully saturated rings. The second kappa shape index (κ2) is 6.47. The minimum absolute atomic E-state index is 0.598. The standard InChI is InChI=1S/C13H24N6S/c1-6-14-11-15-12(18(4)5)17-13(16-11)19-7-9(2)20-10(3)8-19/h9-10H,6-8H2,1-5H3,(H,14,15,16,17). The van der Waals surface area contributed by atoms with Gasteiger partial charge in [-0.15, -0.1) is 0 Å². The summed E-state index contributed by atoms with van der Waals surface area (Å²) in [5.41, 5.74) is 0. The number of thioether (sulfide) groups is 1. The van der Waals surface area contributed by atoms with Crippen LogP contribution in [0.1, 0.15) is 20.8 Å². The van der Waals surface area contributed by atoms with E-state index in [4.69, 9.17) is 0 Å². The van der Waals surface area contributed by atoms with Crippen molar-refractivity contribution in [1.29, 1.82) is 0 Å². The molecule has 7 heteroatoms. The minimum Gasteiger partial charge on any atom is -0.354 e. The van der Waals surface area contributed by atoms with Crippen molar-refractivity contribution in [2.24, 2.45) is 0 Å². The van der Waals surface area contributed by atoms with Crippen molar-refractivity contribution in [1.82, 2.24) is 15.0 Å². The SMILES string of the molecule is CCNc1nc(N(C)C)nc(N2CC(C)SC(C)C2)n1. The number of rotatable bonds is 4. The van der Waals surface area contributed by atoms with Crippen molar-refractivity contribution in [3.63, 3.8) is 0 Å². The third-order valence-corrected chi connectivity index (χ3v) is 4.28. The van der Waals surface area contributed by atoms with E-state index in [0.29, 0.717) is 22.4 Å². The van der Waals surface area contributed by atoms with Gasteiger partial charge in [0.15, 0.2) is 0 Å². The fourth-order valence-electron chi connectivity index (χ4n) is 2.27. The number of aromatic nitrogens is 3. The molecular weight excluding hydrogens is 272 g/mol. The fraction of sp³-hybridized carbons (Fsp3) is 0.769. The molecule has 2 atom stereocenters. The normalized spacial score (nSPS) is 22.8. The van der Waals surface area contributed by atoms with Crippen LogP contribution >= 0.6 is 11.8 Å². The summed E-state index contributed by atoms with van der Waals surface area (Å²) in [4.78, 5) is 17.7. The van der Waals surface area contributed by atoms with E-state index in [1.165, 1.54) is 0 Å². The highest BCUT2D eigenvalue weighted by molar-refractivity contribution is 8.00. The lowest BCUT2D eigenvalue weighted by Gasteiger charge is -2.34. The summed E-state index contributed by atoms with van der Waals surface area (Å²) >= 11 is 2.03. The average Bonchev–Trinajstić information content (AvgIpc) is 2.37. The lowest BCUT2D eigenvalue weighted by atomic mass is 10.3. The third kappa shape index (κ3) is 3.65. The van der Waals surface area contributed by atoms with E-state index in [1.54, 1.807) is 0 Å². The molecule has 20 heavy (non-hydrogen) atoms. The number of hydrogen-bond donors (Lipinski definition) is 1. The summed E-state index contributed by atoms with van der Waals surface area (Å²) in [5, 5.41) is 4.38. The van der Waals surface area contributed by atoms with Crippen LogP contribution in [-0.2, 0) is 0 Å². The van der Waals surface area contributed by atoms with Gasteiger partial charge in [-0.1, -0.05) is 13.8 Å². The van der Waals surface area contributed by atoms with Gasteiger partial charge in [-0.05, 0) is 6.92 Å². The molecule has 0 aromatic carbocycles. The van der Waals surface area contributed by atoms with Gasteiger partial charge < -0.3 is 15.1 Å². The predicted octanol–water partition coefficient (Wildman–Crippen LogP) is 1.70. The number of anilines is 3. The smallest absolute Gasteiger partial charge is 0.232 e. The molecule has 1 aromatic heterocycles. The topological polar surface area (TPSA) is 57.2 Å². The van der Waals surface area contributed by atoms with Gasteiger partial charge in [0, 0.05) is 44.2 Å². The van der Waals surface area contributed by atoms with Gasteiger partial charge in [0.2, 0.25) is 17.8 Å². The van der Waals surface area contributed by atoms with Gasteiger partial charge in [-0.2, -0.15) is 26.7 Å². The first-order valence-electron chi connectivity index (χ1n) is 7.07. The number of nitrogens with one attached hydrogen (secondary N) is 1. The maximum Gasteiger partial charge on any atom is 0.232 e. The van der Waals surface area contributed by atoms with Crippen LogP contribution in [0, 0.1) is 0 Å². The van der Waals surface area contributed by atoms with E-state index < -0.39 is 0 Å². The Bertz CT molecular complexity index is 442. The summed E-state index contributed by atoms with van der Waals surface area (Å²) in [6, 6.07) is 0. The van der Waals surface area contributed by atoms with Crippen LogP contribution in [0.25, 0.3) is 0 Å². The molecule has 0 aliphatic carbocycles. The Morgan fingerprint density at radius 2 is 1.85 bits per heavy atom. The van der Waals surface area contributed by atoms with Crippen molar-refractivity contribution in [3.8, 4) is 0 Å². The van der Waals surface area contributed by atoms with Gasteiger partial charge in [0.1, 0.15) is 0 Å². The van der Waals surface area contributed by atoms with E-state index in [9.17, 15) is 0 Å². The zero-order chi connectivity index (χ0) is 14.7. The summed E-state index contributed by atoms with van der Waals surface area (Å²) in [6.45, 7) is 9.33. The molecule has 0 bridgehead atoms. The van der Waals surface area contributed by atoms with Crippen LogP contribution < -0.4 is 15.1 Å². The molecule has 1 aromatic rings. The molecule has 0 spiro atoms. The van der Waals surface area contributed by atoms with Crippen molar-refractivity contribution >= 4 is 29.6 Å². The molecule has 1 aliphatic rings. The van der Waals surface area contributed by atoms with Crippen LogP contribution in [0.2, 0.25) is 0 Å². The Kier molecular flexibility index (Phi) is 4.91. The van der Waals surface area contributed by atoms with Crippen LogP contribution in [0.15, 0.2) is 0 Å². The van der Waals surface area contributed by atoms with Crippen LogP contribution in [0.4, 0.5) is 17.8 Å². The summed E-state index contributed by atoms with van der Waals surface area (Å²) in [6.07, 6.45) is 0. The van der Waals surface area contributed by atoms with Gasteiger partial charge in [-0.25, -0.2) is 0 Å². The van der Waals surface area contributed by atoms with E-state index in [2.05, 4.69) is 39.0 Å². The third-order valence-electron chi connectivity index (χ3n) is 3.05. The maximum absolute atomic E-state index is 4.59. The largest absolute Gasteiger partial charge is 0.354 e. The minimum atomic E-state index is 0.598. The van der Waals surface area contributed by atoms with E-state index in [-0.39, 0.29) is 0 Å². The van der Waals surface area contributed by atoms with Gasteiger partial charge >= 0.3 is 0 Å². The molecule has 6 nitrogen and oxygen atoms in total. The predicted molar refractivity (Wildman–Crippen MR) is 87.0 cm³/mol. The van der Waals surface area contributed by atoms with Gasteiger partial charge in [-0.3, -0.25) is 0 Å². The molecular formula is C13H24N6S. The summed E-state index contributed by atoms with van der Waals surface area (Å²) < 4.78 is 0. The zero-order valence-electron chi connectivity index (χ0n) is 12.9. The molecule has 0 radical (unpaired) electrons. The summed E-state index contributed by atoms with van der Waals surface area (Å²) in [7, 11) is 3.90.